The minimum Gasteiger partial charge on any atom is -0.356 e. The number of rotatable bonds is 8. The van der Waals surface area contributed by atoms with Crippen molar-refractivity contribution in [1.29, 1.82) is 0 Å². The summed E-state index contributed by atoms with van der Waals surface area (Å²) in [6.45, 7) is 6.04. The summed E-state index contributed by atoms with van der Waals surface area (Å²) in [5.74, 6) is 1.86. The van der Waals surface area contributed by atoms with Crippen LogP contribution in [0.25, 0.3) is 0 Å². The number of nitrogens with one attached hydrogen (secondary N) is 2. The summed E-state index contributed by atoms with van der Waals surface area (Å²) < 4.78 is 0. The highest BCUT2D eigenvalue weighted by molar-refractivity contribution is 14.0. The topological polar surface area (TPSA) is 49.3 Å². The fraction of sp³-hybridized carbons (Fsp3) is 0.444. The van der Waals surface area contributed by atoms with Crippen molar-refractivity contribution in [2.24, 2.45) is 4.99 Å². The minimum absolute atomic E-state index is 0. The maximum Gasteiger partial charge on any atom is 0.191 e. The van der Waals surface area contributed by atoms with Crippen molar-refractivity contribution < 1.29 is 0 Å². The summed E-state index contributed by atoms with van der Waals surface area (Å²) in [5.41, 5.74) is 1.23. The van der Waals surface area contributed by atoms with E-state index in [1.165, 1.54) is 20.5 Å². The fourth-order valence-corrected chi connectivity index (χ4v) is 4.10. The SMILES string of the molecule is CCc1nc(CCNC(=NC)NCCSc2ccccc2)sc1C.I. The molecule has 0 unspecified atom stereocenters. The number of thioether (sulfide) groups is 1. The van der Waals surface area contributed by atoms with Crippen molar-refractivity contribution in [3.63, 3.8) is 0 Å². The molecule has 0 radical (unpaired) electrons. The molecule has 0 saturated heterocycles. The number of hydrogen-bond acceptors (Lipinski definition) is 4. The van der Waals surface area contributed by atoms with Gasteiger partial charge in [-0.25, -0.2) is 4.98 Å². The molecule has 1 heterocycles. The second kappa shape index (κ2) is 12.5. The molecule has 25 heavy (non-hydrogen) atoms. The Morgan fingerprint density at radius 2 is 1.92 bits per heavy atom. The van der Waals surface area contributed by atoms with Crippen molar-refractivity contribution in [2.45, 2.75) is 31.6 Å². The number of nitrogens with zero attached hydrogens (tertiary/aromatic N) is 2. The fourth-order valence-electron chi connectivity index (χ4n) is 2.29. The molecule has 0 amide bonds. The van der Waals surface area contributed by atoms with Gasteiger partial charge in [0.05, 0.1) is 10.7 Å². The van der Waals surface area contributed by atoms with Gasteiger partial charge in [-0.1, -0.05) is 25.1 Å². The molecule has 0 atom stereocenters. The van der Waals surface area contributed by atoms with E-state index in [-0.39, 0.29) is 24.0 Å². The summed E-state index contributed by atoms with van der Waals surface area (Å²) >= 11 is 3.65. The highest BCUT2D eigenvalue weighted by atomic mass is 127. The summed E-state index contributed by atoms with van der Waals surface area (Å²) in [7, 11) is 1.81. The number of aliphatic imine (C=N–C) groups is 1. The van der Waals surface area contributed by atoms with Crippen molar-refractivity contribution in [2.75, 3.05) is 25.9 Å². The van der Waals surface area contributed by atoms with Crippen LogP contribution < -0.4 is 10.6 Å². The van der Waals surface area contributed by atoms with Gasteiger partial charge in [-0.15, -0.1) is 47.1 Å². The standard InChI is InChI=1S/C18H26N4S2.HI/c1-4-16-14(2)24-17(22-16)10-11-20-18(19-3)21-12-13-23-15-8-6-5-7-9-15;/h5-9H,4,10-13H2,1-3H3,(H2,19,20,21);1H. The third-order valence-electron chi connectivity index (χ3n) is 3.53. The Morgan fingerprint density at radius 3 is 2.56 bits per heavy atom. The molecule has 0 fully saturated rings. The average molecular weight is 490 g/mol. The molecule has 2 aromatic rings. The second-order valence-corrected chi connectivity index (χ2v) is 7.76. The van der Waals surface area contributed by atoms with Gasteiger partial charge in [-0.2, -0.15) is 0 Å². The molecule has 0 saturated carbocycles. The zero-order valence-electron chi connectivity index (χ0n) is 15.0. The second-order valence-electron chi connectivity index (χ2n) is 5.30. The van der Waals surface area contributed by atoms with Gasteiger partial charge in [0.25, 0.3) is 0 Å². The van der Waals surface area contributed by atoms with E-state index in [0.29, 0.717) is 0 Å². The summed E-state index contributed by atoms with van der Waals surface area (Å²) in [6, 6.07) is 10.5. The van der Waals surface area contributed by atoms with Gasteiger partial charge in [0.15, 0.2) is 5.96 Å². The van der Waals surface area contributed by atoms with Crippen molar-refractivity contribution in [3.05, 3.63) is 45.9 Å². The first kappa shape index (κ1) is 22.2. The molecule has 2 N–H and O–H groups in total. The smallest absolute Gasteiger partial charge is 0.191 e. The van der Waals surface area contributed by atoms with Gasteiger partial charge in [-0.05, 0) is 25.5 Å². The minimum atomic E-state index is 0. The van der Waals surface area contributed by atoms with Crippen LogP contribution in [0.3, 0.4) is 0 Å². The Bertz CT molecular complexity index is 644. The molecule has 0 bridgehead atoms. The lowest BCUT2D eigenvalue weighted by Gasteiger charge is -2.11. The molecule has 0 aliphatic rings. The molecular weight excluding hydrogens is 463 g/mol. The molecule has 0 spiro atoms. The normalized spacial score (nSPS) is 11.1. The molecule has 4 nitrogen and oxygen atoms in total. The first-order valence-electron chi connectivity index (χ1n) is 8.30. The van der Waals surface area contributed by atoms with Crippen LogP contribution in [0.2, 0.25) is 0 Å². The highest BCUT2D eigenvalue weighted by Gasteiger charge is 2.06. The summed E-state index contributed by atoms with van der Waals surface area (Å²) in [5, 5.41) is 7.92. The van der Waals surface area contributed by atoms with E-state index < -0.39 is 0 Å². The van der Waals surface area contributed by atoms with Crippen LogP contribution >= 0.6 is 47.1 Å². The lowest BCUT2D eigenvalue weighted by atomic mass is 10.3. The maximum absolute atomic E-state index is 4.67. The number of aryl methyl sites for hydroxylation is 2. The zero-order valence-corrected chi connectivity index (χ0v) is 19.0. The lowest BCUT2D eigenvalue weighted by Crippen LogP contribution is -2.39. The van der Waals surface area contributed by atoms with E-state index in [1.807, 2.05) is 24.9 Å². The van der Waals surface area contributed by atoms with Crippen LogP contribution in [-0.2, 0) is 12.8 Å². The van der Waals surface area contributed by atoms with Gasteiger partial charge in [0, 0.05) is 42.1 Å². The van der Waals surface area contributed by atoms with Crippen LogP contribution in [0.1, 0.15) is 22.5 Å². The van der Waals surface area contributed by atoms with Gasteiger partial charge < -0.3 is 10.6 Å². The number of halogens is 1. The third-order valence-corrected chi connectivity index (χ3v) is 5.62. The largest absolute Gasteiger partial charge is 0.356 e. The van der Waals surface area contributed by atoms with Crippen molar-refractivity contribution >= 4 is 53.0 Å². The molecule has 0 aliphatic carbocycles. The first-order valence-corrected chi connectivity index (χ1v) is 10.1. The number of hydrogen-bond donors (Lipinski definition) is 2. The van der Waals surface area contributed by atoms with E-state index in [9.17, 15) is 0 Å². The predicted octanol–water partition coefficient (Wildman–Crippen LogP) is 4.13. The van der Waals surface area contributed by atoms with E-state index >= 15 is 0 Å². The quantitative estimate of drug-likeness (QED) is 0.192. The first-order chi connectivity index (χ1) is 11.7. The molecule has 7 heteroatoms. The van der Waals surface area contributed by atoms with Crippen LogP contribution in [0.15, 0.2) is 40.2 Å². The third kappa shape index (κ3) is 7.96. The van der Waals surface area contributed by atoms with E-state index in [1.54, 1.807) is 11.3 Å². The Morgan fingerprint density at radius 1 is 1.20 bits per heavy atom. The van der Waals surface area contributed by atoms with Crippen LogP contribution in [0, 0.1) is 6.92 Å². The zero-order chi connectivity index (χ0) is 17.2. The van der Waals surface area contributed by atoms with Gasteiger partial charge in [-0.3, -0.25) is 4.99 Å². The van der Waals surface area contributed by atoms with Crippen LogP contribution in [0.4, 0.5) is 0 Å². The number of benzene rings is 1. The Hall–Kier alpha value is -0.800. The van der Waals surface area contributed by atoms with Crippen molar-refractivity contribution in [3.8, 4) is 0 Å². The molecule has 1 aromatic heterocycles. The summed E-state index contributed by atoms with van der Waals surface area (Å²) in [4.78, 5) is 11.6. The van der Waals surface area contributed by atoms with Crippen molar-refractivity contribution in [1.82, 2.24) is 15.6 Å². The molecule has 138 valence electrons. The van der Waals surface area contributed by atoms with Crippen LogP contribution in [-0.4, -0.2) is 36.8 Å². The molecule has 1 aromatic carbocycles. The number of thiazole rings is 1. The summed E-state index contributed by atoms with van der Waals surface area (Å²) in [6.07, 6.45) is 1.95. The predicted molar refractivity (Wildman–Crippen MR) is 122 cm³/mol. The Balaban J connectivity index is 0.00000312. The number of aromatic nitrogens is 1. The molecular formula is C18H27IN4S2. The highest BCUT2D eigenvalue weighted by Crippen LogP contribution is 2.18. The monoisotopic (exact) mass is 490 g/mol. The van der Waals surface area contributed by atoms with E-state index in [2.05, 4.69) is 58.7 Å². The Kier molecular flexibility index (Phi) is 11.2. The lowest BCUT2D eigenvalue weighted by molar-refractivity contribution is 0.805. The molecule has 2 rings (SSSR count). The van der Waals surface area contributed by atoms with Gasteiger partial charge >= 0.3 is 0 Å². The molecule has 0 aliphatic heterocycles. The average Bonchev–Trinajstić information content (AvgIpc) is 2.97. The Labute approximate surface area is 176 Å². The van der Waals surface area contributed by atoms with Gasteiger partial charge in [0.2, 0.25) is 0 Å². The number of guanidine groups is 1. The van der Waals surface area contributed by atoms with E-state index in [4.69, 9.17) is 0 Å². The van der Waals surface area contributed by atoms with Crippen LogP contribution in [0.5, 0.6) is 0 Å². The maximum atomic E-state index is 4.67. The van der Waals surface area contributed by atoms with Gasteiger partial charge in [0.1, 0.15) is 0 Å². The van der Waals surface area contributed by atoms with E-state index in [0.717, 1.165) is 37.6 Å².